The molecule has 0 unspecified atom stereocenters. The number of rotatable bonds is 2. The highest BCUT2D eigenvalue weighted by Crippen LogP contribution is 2.36. The Morgan fingerprint density at radius 3 is 2.41 bits per heavy atom. The Morgan fingerprint density at radius 1 is 1.41 bits per heavy atom. The van der Waals surface area contributed by atoms with Crippen LogP contribution in [0, 0.1) is 0 Å². The molecule has 17 heavy (non-hydrogen) atoms. The van der Waals surface area contributed by atoms with Gasteiger partial charge >= 0.3 is 0 Å². The van der Waals surface area contributed by atoms with Crippen LogP contribution in [-0.2, 0) is 15.7 Å². The molecule has 0 aromatic carbocycles. The fourth-order valence-electron chi connectivity index (χ4n) is 2.36. The maximum Gasteiger partial charge on any atom is 0.245 e. The molecule has 1 fully saturated rings. The van der Waals surface area contributed by atoms with Crippen molar-refractivity contribution < 1.29 is 4.79 Å². The average Bonchev–Trinajstić information content (AvgIpc) is 2.86. The molecule has 1 aromatic rings. The first-order valence-corrected chi connectivity index (χ1v) is 6.09. The lowest BCUT2D eigenvalue weighted by Crippen LogP contribution is -2.44. The third-order valence-corrected chi connectivity index (χ3v) is 3.59. The van der Waals surface area contributed by atoms with E-state index in [-0.39, 0.29) is 11.3 Å². The molecule has 0 atom stereocenters. The molecule has 0 aliphatic heterocycles. The van der Waals surface area contributed by atoms with E-state index in [1.165, 1.54) is 0 Å². The Hall–Kier alpha value is -1.39. The van der Waals surface area contributed by atoms with Crippen molar-refractivity contribution in [1.82, 2.24) is 15.0 Å². The molecule has 5 heteroatoms. The number of primary amides is 1. The zero-order chi connectivity index (χ0) is 12.7. The second-order valence-corrected chi connectivity index (χ2v) is 5.90. The third kappa shape index (κ3) is 1.94. The van der Waals surface area contributed by atoms with Crippen LogP contribution in [0.15, 0.2) is 6.20 Å². The van der Waals surface area contributed by atoms with E-state index in [9.17, 15) is 4.79 Å². The van der Waals surface area contributed by atoms with Gasteiger partial charge in [0.25, 0.3) is 0 Å². The lowest BCUT2D eigenvalue weighted by atomic mass is 9.92. The standard InChI is InChI=1S/C12H20N4O/c1-11(2,3)9-8-16(15-14-9)12(10(13)17)6-4-5-7-12/h8H,4-7H2,1-3H3,(H2,13,17). The van der Waals surface area contributed by atoms with Crippen LogP contribution in [0.25, 0.3) is 0 Å². The zero-order valence-electron chi connectivity index (χ0n) is 10.7. The van der Waals surface area contributed by atoms with Gasteiger partial charge in [0, 0.05) is 5.41 Å². The zero-order valence-corrected chi connectivity index (χ0v) is 10.7. The Labute approximate surface area is 101 Å². The van der Waals surface area contributed by atoms with Gasteiger partial charge in [0.1, 0.15) is 5.54 Å². The first-order valence-electron chi connectivity index (χ1n) is 6.09. The first kappa shape index (κ1) is 12.1. The van der Waals surface area contributed by atoms with Gasteiger partial charge in [-0.05, 0) is 12.8 Å². The molecule has 94 valence electrons. The van der Waals surface area contributed by atoms with Gasteiger partial charge in [0.05, 0.1) is 11.9 Å². The van der Waals surface area contributed by atoms with Gasteiger partial charge in [-0.1, -0.05) is 38.8 Å². The van der Waals surface area contributed by atoms with E-state index in [1.54, 1.807) is 4.68 Å². The van der Waals surface area contributed by atoms with Crippen molar-refractivity contribution >= 4 is 5.91 Å². The van der Waals surface area contributed by atoms with Crippen LogP contribution in [-0.4, -0.2) is 20.9 Å². The van der Waals surface area contributed by atoms with E-state index in [1.807, 2.05) is 6.20 Å². The summed E-state index contributed by atoms with van der Waals surface area (Å²) >= 11 is 0. The summed E-state index contributed by atoms with van der Waals surface area (Å²) in [6.45, 7) is 6.23. The molecule has 5 nitrogen and oxygen atoms in total. The summed E-state index contributed by atoms with van der Waals surface area (Å²) in [5, 5.41) is 8.29. The summed E-state index contributed by atoms with van der Waals surface area (Å²) in [5.74, 6) is -0.291. The summed E-state index contributed by atoms with van der Waals surface area (Å²) in [4.78, 5) is 11.7. The van der Waals surface area contributed by atoms with Crippen LogP contribution in [0.4, 0.5) is 0 Å². The Balaban J connectivity index is 2.39. The fraction of sp³-hybridized carbons (Fsp3) is 0.750. The third-order valence-electron chi connectivity index (χ3n) is 3.59. The van der Waals surface area contributed by atoms with Crippen molar-refractivity contribution in [2.24, 2.45) is 5.73 Å². The van der Waals surface area contributed by atoms with Crippen LogP contribution >= 0.6 is 0 Å². The van der Waals surface area contributed by atoms with Crippen LogP contribution < -0.4 is 5.73 Å². The molecule has 1 heterocycles. The lowest BCUT2D eigenvalue weighted by molar-refractivity contribution is -0.126. The summed E-state index contributed by atoms with van der Waals surface area (Å²) in [5.41, 5.74) is 5.75. The molecule has 0 bridgehead atoms. The Bertz CT molecular complexity index is 424. The lowest BCUT2D eigenvalue weighted by Gasteiger charge is -2.24. The largest absolute Gasteiger partial charge is 0.368 e. The highest BCUT2D eigenvalue weighted by atomic mass is 16.1. The van der Waals surface area contributed by atoms with Gasteiger partial charge in [-0.2, -0.15) is 0 Å². The smallest absolute Gasteiger partial charge is 0.245 e. The van der Waals surface area contributed by atoms with Crippen LogP contribution in [0.1, 0.15) is 52.1 Å². The Morgan fingerprint density at radius 2 is 2.00 bits per heavy atom. The fourth-order valence-corrected chi connectivity index (χ4v) is 2.36. The number of nitrogens with two attached hydrogens (primary N) is 1. The molecule has 2 N–H and O–H groups in total. The normalized spacial score (nSPS) is 19.5. The van der Waals surface area contributed by atoms with Crippen LogP contribution in [0.2, 0.25) is 0 Å². The SMILES string of the molecule is CC(C)(C)c1cn(C2(C(N)=O)CCCC2)nn1. The number of amides is 1. The van der Waals surface area contributed by atoms with Crippen molar-refractivity contribution in [2.45, 2.75) is 57.4 Å². The van der Waals surface area contributed by atoms with Gasteiger partial charge in [0.2, 0.25) is 5.91 Å². The number of nitrogens with zero attached hydrogens (tertiary/aromatic N) is 3. The van der Waals surface area contributed by atoms with Crippen molar-refractivity contribution in [3.8, 4) is 0 Å². The van der Waals surface area contributed by atoms with E-state index < -0.39 is 5.54 Å². The monoisotopic (exact) mass is 236 g/mol. The molecule has 0 spiro atoms. The van der Waals surface area contributed by atoms with Gasteiger partial charge in [-0.25, -0.2) is 4.68 Å². The number of carbonyl (C=O) groups is 1. The summed E-state index contributed by atoms with van der Waals surface area (Å²) in [7, 11) is 0. The predicted octanol–water partition coefficient (Wildman–Crippen LogP) is 1.33. The minimum absolute atomic E-state index is 0.0598. The molecule has 1 aliphatic carbocycles. The minimum Gasteiger partial charge on any atom is -0.368 e. The molecule has 1 saturated carbocycles. The maximum absolute atomic E-state index is 11.7. The second-order valence-electron chi connectivity index (χ2n) is 5.90. The molecule has 0 saturated heterocycles. The number of aromatic nitrogens is 3. The Kier molecular flexibility index (Phi) is 2.72. The topological polar surface area (TPSA) is 73.8 Å². The number of carbonyl (C=O) groups excluding carboxylic acids is 1. The highest BCUT2D eigenvalue weighted by Gasteiger charge is 2.43. The van der Waals surface area contributed by atoms with E-state index in [0.29, 0.717) is 0 Å². The molecule has 1 amide bonds. The van der Waals surface area contributed by atoms with Crippen LogP contribution in [0.3, 0.4) is 0 Å². The van der Waals surface area contributed by atoms with E-state index >= 15 is 0 Å². The highest BCUT2D eigenvalue weighted by molar-refractivity contribution is 5.82. The van der Waals surface area contributed by atoms with E-state index in [0.717, 1.165) is 31.4 Å². The molecular formula is C12H20N4O. The minimum atomic E-state index is -0.642. The second kappa shape index (κ2) is 3.82. The maximum atomic E-state index is 11.7. The number of hydrogen-bond acceptors (Lipinski definition) is 3. The van der Waals surface area contributed by atoms with Gasteiger partial charge < -0.3 is 5.73 Å². The average molecular weight is 236 g/mol. The van der Waals surface area contributed by atoms with E-state index in [4.69, 9.17) is 5.73 Å². The van der Waals surface area contributed by atoms with E-state index in [2.05, 4.69) is 31.1 Å². The molecule has 2 rings (SSSR count). The summed E-state index contributed by atoms with van der Waals surface area (Å²) < 4.78 is 1.68. The first-order chi connectivity index (χ1) is 7.86. The molecule has 0 radical (unpaired) electrons. The molecular weight excluding hydrogens is 216 g/mol. The predicted molar refractivity (Wildman–Crippen MR) is 64.4 cm³/mol. The van der Waals surface area contributed by atoms with Crippen molar-refractivity contribution in [2.75, 3.05) is 0 Å². The molecule has 1 aromatic heterocycles. The summed E-state index contributed by atoms with van der Waals surface area (Å²) in [6.07, 6.45) is 5.46. The van der Waals surface area contributed by atoms with Crippen molar-refractivity contribution in [3.63, 3.8) is 0 Å². The van der Waals surface area contributed by atoms with Gasteiger partial charge in [0.15, 0.2) is 0 Å². The van der Waals surface area contributed by atoms with Crippen LogP contribution in [0.5, 0.6) is 0 Å². The quantitative estimate of drug-likeness (QED) is 0.841. The van der Waals surface area contributed by atoms with Crippen molar-refractivity contribution in [1.29, 1.82) is 0 Å². The van der Waals surface area contributed by atoms with Gasteiger partial charge in [-0.15, -0.1) is 5.10 Å². The van der Waals surface area contributed by atoms with Gasteiger partial charge in [-0.3, -0.25) is 4.79 Å². The summed E-state index contributed by atoms with van der Waals surface area (Å²) in [6, 6.07) is 0. The molecule has 1 aliphatic rings. The van der Waals surface area contributed by atoms with Crippen molar-refractivity contribution in [3.05, 3.63) is 11.9 Å². The number of hydrogen-bond donors (Lipinski definition) is 1.